The second-order valence-electron chi connectivity index (χ2n) is 10.9. The molecule has 4 rings (SSSR count). The molecule has 0 spiro atoms. The predicted molar refractivity (Wildman–Crippen MR) is 149 cm³/mol. The van der Waals surface area contributed by atoms with Gasteiger partial charge in [-0.05, 0) is 42.4 Å². The zero-order chi connectivity index (χ0) is 28.9. The number of benzene rings is 2. The minimum absolute atomic E-state index is 0.0781. The van der Waals surface area contributed by atoms with Crippen molar-refractivity contribution in [1.29, 1.82) is 0 Å². The monoisotopic (exact) mass is 550 g/mol. The highest BCUT2D eigenvalue weighted by atomic mass is 16.5. The Kier molecular flexibility index (Phi) is 9.09. The van der Waals surface area contributed by atoms with E-state index in [0.717, 1.165) is 5.56 Å². The minimum atomic E-state index is -1.29. The lowest BCUT2D eigenvalue weighted by molar-refractivity contribution is -0.142. The van der Waals surface area contributed by atoms with Crippen LogP contribution in [0, 0.1) is 11.8 Å². The van der Waals surface area contributed by atoms with Crippen molar-refractivity contribution in [3.8, 4) is 0 Å². The number of aromatic nitrogens is 1. The summed E-state index contributed by atoms with van der Waals surface area (Å²) in [5.74, 6) is -1.08. The number of oxazole rings is 1. The number of alkyl carbamates (subject to hydrolysis) is 1. The summed E-state index contributed by atoms with van der Waals surface area (Å²) in [6.45, 7) is 7.40. The number of carbonyl (C=O) groups is 3. The molecule has 2 heterocycles. The molecule has 1 aromatic heterocycles. The van der Waals surface area contributed by atoms with Crippen LogP contribution in [0.1, 0.15) is 52.0 Å². The first kappa shape index (κ1) is 29.1. The summed E-state index contributed by atoms with van der Waals surface area (Å²) in [4.78, 5) is 46.0. The Bertz CT molecular complexity index is 1290. The number of aliphatic hydroxyl groups excluding tert-OH is 1. The number of amides is 3. The standard InChI is InChI=1S/C30H38N4O6/c1-19(2)25(32-29(38)39-17-21-11-6-5-7-12-21)27(37)34-16-10-14-23(34)26(36)33-30(18-35,20(3)4)28-31-22-13-8-9-15-24(22)40-28/h5-9,11-13,15,19-20,23,25,35H,10,14,16-18H2,1-4H3,(H,32,38)(H,33,36)/t23-,25-,30?/m0/s1. The normalized spacial score (nSPS) is 17.6. The molecule has 0 saturated carbocycles. The number of para-hydroxylation sites is 2. The first-order chi connectivity index (χ1) is 19.2. The summed E-state index contributed by atoms with van der Waals surface area (Å²) < 4.78 is 11.3. The Hall–Kier alpha value is -3.92. The predicted octanol–water partition coefficient (Wildman–Crippen LogP) is 3.73. The van der Waals surface area contributed by atoms with Crippen LogP contribution in [0.15, 0.2) is 59.0 Å². The lowest BCUT2D eigenvalue weighted by atomic mass is 9.86. The maximum absolute atomic E-state index is 13.7. The molecule has 3 amide bonds. The van der Waals surface area contributed by atoms with E-state index in [1.165, 1.54) is 4.90 Å². The SMILES string of the molecule is CC(C)[C@H](NC(=O)OCc1ccccc1)C(=O)N1CCC[C@H]1C(=O)NC(CO)(c1nc2ccccc2o1)C(C)C. The molecule has 3 aromatic rings. The van der Waals surface area contributed by atoms with Gasteiger partial charge in [0.25, 0.3) is 0 Å². The molecule has 40 heavy (non-hydrogen) atoms. The third-order valence-corrected chi connectivity index (χ3v) is 7.51. The number of carbonyl (C=O) groups excluding carboxylic acids is 3. The van der Waals surface area contributed by atoms with Gasteiger partial charge in [-0.15, -0.1) is 0 Å². The lowest BCUT2D eigenvalue weighted by Gasteiger charge is -2.36. The Morgan fingerprint density at radius 2 is 1.80 bits per heavy atom. The van der Waals surface area contributed by atoms with Gasteiger partial charge in [0.15, 0.2) is 5.58 Å². The van der Waals surface area contributed by atoms with Gasteiger partial charge in [-0.3, -0.25) is 9.59 Å². The maximum Gasteiger partial charge on any atom is 0.408 e. The fraction of sp³-hybridized carbons (Fsp3) is 0.467. The van der Waals surface area contributed by atoms with Crippen molar-refractivity contribution >= 4 is 29.0 Å². The van der Waals surface area contributed by atoms with E-state index in [4.69, 9.17) is 9.15 Å². The van der Waals surface area contributed by atoms with Crippen molar-refractivity contribution in [1.82, 2.24) is 20.5 Å². The van der Waals surface area contributed by atoms with Crippen LogP contribution in [0.4, 0.5) is 4.79 Å². The number of hydrogen-bond donors (Lipinski definition) is 3. The molecule has 0 aliphatic carbocycles. The second kappa shape index (κ2) is 12.5. The van der Waals surface area contributed by atoms with Gasteiger partial charge in [-0.25, -0.2) is 9.78 Å². The number of nitrogens with zero attached hydrogens (tertiary/aromatic N) is 2. The van der Waals surface area contributed by atoms with Crippen LogP contribution in [0.5, 0.6) is 0 Å². The third-order valence-electron chi connectivity index (χ3n) is 7.51. The highest BCUT2D eigenvalue weighted by molar-refractivity contribution is 5.92. The molecule has 1 fully saturated rings. The number of rotatable bonds is 10. The molecule has 0 bridgehead atoms. The molecule has 1 unspecified atom stereocenters. The van der Waals surface area contributed by atoms with Crippen LogP contribution in [0.2, 0.25) is 0 Å². The van der Waals surface area contributed by atoms with Crippen molar-refractivity contribution < 1.29 is 28.6 Å². The molecule has 3 atom stereocenters. The van der Waals surface area contributed by atoms with Crippen LogP contribution in [0.3, 0.4) is 0 Å². The van der Waals surface area contributed by atoms with Gasteiger partial charge in [0.05, 0.1) is 6.61 Å². The summed E-state index contributed by atoms with van der Waals surface area (Å²) in [6.07, 6.45) is 0.379. The average molecular weight is 551 g/mol. The first-order valence-corrected chi connectivity index (χ1v) is 13.7. The number of hydrogen-bond acceptors (Lipinski definition) is 7. The van der Waals surface area contributed by atoms with Crippen molar-refractivity contribution in [3.63, 3.8) is 0 Å². The minimum Gasteiger partial charge on any atom is -0.445 e. The van der Waals surface area contributed by atoms with Gasteiger partial charge >= 0.3 is 6.09 Å². The summed E-state index contributed by atoms with van der Waals surface area (Å²) in [7, 11) is 0. The van der Waals surface area contributed by atoms with Crippen LogP contribution in [-0.2, 0) is 26.5 Å². The van der Waals surface area contributed by atoms with Gasteiger partial charge in [0.1, 0.15) is 29.7 Å². The molecule has 1 saturated heterocycles. The zero-order valence-corrected chi connectivity index (χ0v) is 23.4. The van der Waals surface area contributed by atoms with E-state index in [0.29, 0.717) is 30.5 Å². The molecular formula is C30H38N4O6. The highest BCUT2D eigenvalue weighted by Gasteiger charge is 2.46. The number of nitrogens with one attached hydrogen (secondary N) is 2. The fourth-order valence-electron chi connectivity index (χ4n) is 4.99. The van der Waals surface area contributed by atoms with E-state index in [1.807, 2.05) is 70.2 Å². The fourth-order valence-corrected chi connectivity index (χ4v) is 4.99. The second-order valence-corrected chi connectivity index (χ2v) is 10.9. The molecule has 0 radical (unpaired) electrons. The number of likely N-dealkylation sites (tertiary alicyclic amines) is 1. The van der Waals surface area contributed by atoms with Crippen LogP contribution >= 0.6 is 0 Å². The molecule has 214 valence electrons. The van der Waals surface area contributed by atoms with E-state index in [1.54, 1.807) is 12.1 Å². The van der Waals surface area contributed by atoms with E-state index in [-0.39, 0.29) is 30.2 Å². The summed E-state index contributed by atoms with van der Waals surface area (Å²) >= 11 is 0. The van der Waals surface area contributed by atoms with Gasteiger partial charge < -0.3 is 29.8 Å². The lowest BCUT2D eigenvalue weighted by Crippen LogP contribution is -2.59. The number of fused-ring (bicyclic) bond motifs is 1. The molecule has 1 aliphatic rings. The molecule has 2 aromatic carbocycles. The Balaban J connectivity index is 1.49. The van der Waals surface area contributed by atoms with Crippen LogP contribution in [0.25, 0.3) is 11.1 Å². The van der Waals surface area contributed by atoms with Crippen LogP contribution in [-0.4, -0.2) is 58.1 Å². The number of ether oxygens (including phenoxy) is 1. The molecule has 3 N–H and O–H groups in total. The van der Waals surface area contributed by atoms with E-state index in [9.17, 15) is 19.5 Å². The quantitative estimate of drug-likeness (QED) is 0.350. The largest absolute Gasteiger partial charge is 0.445 e. The van der Waals surface area contributed by atoms with Crippen molar-refractivity contribution in [2.45, 2.75) is 64.8 Å². The zero-order valence-electron chi connectivity index (χ0n) is 23.4. The summed E-state index contributed by atoms with van der Waals surface area (Å²) in [6, 6.07) is 14.9. The smallest absolute Gasteiger partial charge is 0.408 e. The van der Waals surface area contributed by atoms with E-state index >= 15 is 0 Å². The molecule has 10 heteroatoms. The maximum atomic E-state index is 13.7. The molecule has 10 nitrogen and oxygen atoms in total. The Morgan fingerprint density at radius 3 is 2.45 bits per heavy atom. The Labute approximate surface area is 234 Å². The van der Waals surface area contributed by atoms with E-state index in [2.05, 4.69) is 15.6 Å². The summed E-state index contributed by atoms with van der Waals surface area (Å²) in [5.41, 5.74) is 0.711. The van der Waals surface area contributed by atoms with Gasteiger partial charge in [-0.1, -0.05) is 70.2 Å². The number of aliphatic hydroxyl groups is 1. The van der Waals surface area contributed by atoms with Crippen molar-refractivity contribution in [3.05, 3.63) is 66.1 Å². The Morgan fingerprint density at radius 1 is 1.10 bits per heavy atom. The van der Waals surface area contributed by atoms with Crippen LogP contribution < -0.4 is 10.6 Å². The van der Waals surface area contributed by atoms with Crippen molar-refractivity contribution in [2.75, 3.05) is 13.2 Å². The first-order valence-electron chi connectivity index (χ1n) is 13.7. The highest BCUT2D eigenvalue weighted by Crippen LogP contribution is 2.32. The van der Waals surface area contributed by atoms with E-state index < -0.39 is 36.2 Å². The van der Waals surface area contributed by atoms with Crippen molar-refractivity contribution in [2.24, 2.45) is 11.8 Å². The molecule has 1 aliphatic heterocycles. The topological polar surface area (TPSA) is 134 Å². The summed E-state index contributed by atoms with van der Waals surface area (Å²) in [5, 5.41) is 16.2. The average Bonchev–Trinajstić information content (AvgIpc) is 3.61. The van der Waals surface area contributed by atoms with Gasteiger partial charge in [0, 0.05) is 6.54 Å². The third kappa shape index (κ3) is 6.12. The van der Waals surface area contributed by atoms with Gasteiger partial charge in [0.2, 0.25) is 17.7 Å². The molecular weight excluding hydrogens is 512 g/mol. The van der Waals surface area contributed by atoms with Gasteiger partial charge in [-0.2, -0.15) is 0 Å².